The van der Waals surface area contributed by atoms with Gasteiger partial charge < -0.3 is 5.32 Å². The van der Waals surface area contributed by atoms with Gasteiger partial charge in [-0.05, 0) is 18.9 Å². The number of nitrogens with zero attached hydrogens (tertiary/aromatic N) is 2. The molecular weight excluding hydrogens is 228 g/mol. The summed E-state index contributed by atoms with van der Waals surface area (Å²) in [5, 5.41) is 12.0. The van der Waals surface area contributed by atoms with E-state index in [0.717, 1.165) is 12.1 Å². The number of hydrogen-bond donors (Lipinski definition) is 2. The highest BCUT2D eigenvalue weighted by molar-refractivity contribution is 7.89. The molecule has 7 heteroatoms. The van der Waals surface area contributed by atoms with E-state index in [0.29, 0.717) is 13.0 Å². The lowest BCUT2D eigenvalue weighted by molar-refractivity contribution is 0.391. The SMILES string of the molecule is Cn1nccc1C1CCC(S(N)(=O)=O)CN1. The third-order valence-corrected chi connectivity index (χ3v) is 4.38. The van der Waals surface area contributed by atoms with Crippen molar-refractivity contribution in [3.8, 4) is 0 Å². The van der Waals surface area contributed by atoms with Crippen LogP contribution in [0.4, 0.5) is 0 Å². The van der Waals surface area contributed by atoms with Gasteiger partial charge in [-0.1, -0.05) is 0 Å². The molecule has 1 aromatic heterocycles. The van der Waals surface area contributed by atoms with E-state index in [1.807, 2.05) is 13.1 Å². The molecule has 1 aliphatic heterocycles. The summed E-state index contributed by atoms with van der Waals surface area (Å²) in [4.78, 5) is 0. The summed E-state index contributed by atoms with van der Waals surface area (Å²) in [5.41, 5.74) is 1.08. The zero-order chi connectivity index (χ0) is 11.8. The van der Waals surface area contributed by atoms with Gasteiger partial charge >= 0.3 is 0 Å². The third-order valence-electron chi connectivity index (χ3n) is 3.05. The van der Waals surface area contributed by atoms with Crippen molar-refractivity contribution in [3.63, 3.8) is 0 Å². The second-order valence-electron chi connectivity index (χ2n) is 4.13. The first-order valence-electron chi connectivity index (χ1n) is 5.21. The molecule has 16 heavy (non-hydrogen) atoms. The second-order valence-corrected chi connectivity index (χ2v) is 5.97. The van der Waals surface area contributed by atoms with Crippen LogP contribution >= 0.6 is 0 Å². The van der Waals surface area contributed by atoms with E-state index < -0.39 is 15.3 Å². The number of piperidine rings is 1. The first-order chi connectivity index (χ1) is 7.48. The number of hydrogen-bond acceptors (Lipinski definition) is 4. The average Bonchev–Trinajstić information content (AvgIpc) is 2.63. The molecule has 1 aromatic rings. The topological polar surface area (TPSA) is 90.0 Å². The van der Waals surface area contributed by atoms with Gasteiger partial charge in [-0.2, -0.15) is 5.10 Å². The Kier molecular flexibility index (Phi) is 3.00. The Hall–Kier alpha value is -0.920. The van der Waals surface area contributed by atoms with Crippen molar-refractivity contribution in [3.05, 3.63) is 18.0 Å². The lowest BCUT2D eigenvalue weighted by Crippen LogP contribution is -2.43. The molecule has 2 unspecified atom stereocenters. The minimum absolute atomic E-state index is 0.172. The fourth-order valence-electron chi connectivity index (χ4n) is 2.09. The Morgan fingerprint density at radius 3 is 2.75 bits per heavy atom. The Bertz CT molecular complexity index is 460. The third kappa shape index (κ3) is 2.26. The highest BCUT2D eigenvalue weighted by Gasteiger charge is 2.29. The molecule has 90 valence electrons. The molecule has 0 amide bonds. The zero-order valence-corrected chi connectivity index (χ0v) is 9.94. The van der Waals surface area contributed by atoms with Crippen LogP contribution in [0.5, 0.6) is 0 Å². The fraction of sp³-hybridized carbons (Fsp3) is 0.667. The Labute approximate surface area is 94.9 Å². The summed E-state index contributed by atoms with van der Waals surface area (Å²) in [7, 11) is -1.54. The summed E-state index contributed by atoms with van der Waals surface area (Å²) >= 11 is 0. The normalized spacial score (nSPS) is 26.9. The van der Waals surface area contributed by atoms with Gasteiger partial charge in [0.1, 0.15) is 0 Å². The van der Waals surface area contributed by atoms with Gasteiger partial charge in [-0.3, -0.25) is 4.68 Å². The fourth-order valence-corrected chi connectivity index (χ4v) is 2.88. The quantitative estimate of drug-likeness (QED) is 0.734. The molecule has 0 radical (unpaired) electrons. The summed E-state index contributed by atoms with van der Waals surface area (Å²) in [6.07, 6.45) is 3.10. The largest absolute Gasteiger partial charge is 0.307 e. The average molecular weight is 244 g/mol. The molecule has 1 aliphatic rings. The zero-order valence-electron chi connectivity index (χ0n) is 9.13. The molecule has 0 aliphatic carbocycles. The van der Waals surface area contributed by atoms with Crippen LogP contribution in [0.25, 0.3) is 0 Å². The van der Waals surface area contributed by atoms with Crippen LogP contribution < -0.4 is 10.5 Å². The number of nitrogens with two attached hydrogens (primary N) is 1. The van der Waals surface area contributed by atoms with Crippen LogP contribution in [0.2, 0.25) is 0 Å². The van der Waals surface area contributed by atoms with Crippen LogP contribution in [0.3, 0.4) is 0 Å². The number of nitrogens with one attached hydrogen (secondary N) is 1. The van der Waals surface area contributed by atoms with Gasteiger partial charge in [0.25, 0.3) is 0 Å². The number of sulfonamides is 1. The van der Waals surface area contributed by atoms with E-state index in [2.05, 4.69) is 10.4 Å². The summed E-state index contributed by atoms with van der Waals surface area (Å²) in [6, 6.07) is 2.11. The molecule has 0 saturated carbocycles. The molecule has 1 saturated heterocycles. The van der Waals surface area contributed by atoms with Crippen LogP contribution in [0.1, 0.15) is 24.6 Å². The van der Waals surface area contributed by atoms with Gasteiger partial charge in [0.15, 0.2) is 0 Å². The van der Waals surface area contributed by atoms with E-state index in [4.69, 9.17) is 5.14 Å². The number of aryl methyl sites for hydroxylation is 1. The molecule has 2 rings (SSSR count). The van der Waals surface area contributed by atoms with Gasteiger partial charge in [0, 0.05) is 25.8 Å². The van der Waals surface area contributed by atoms with E-state index >= 15 is 0 Å². The Morgan fingerprint density at radius 1 is 1.56 bits per heavy atom. The van der Waals surface area contributed by atoms with Crippen molar-refractivity contribution in [2.24, 2.45) is 12.2 Å². The maximum absolute atomic E-state index is 11.2. The maximum atomic E-state index is 11.2. The summed E-state index contributed by atoms with van der Waals surface area (Å²) < 4.78 is 24.1. The van der Waals surface area contributed by atoms with Crippen molar-refractivity contribution in [1.82, 2.24) is 15.1 Å². The van der Waals surface area contributed by atoms with Crippen LogP contribution in [0, 0.1) is 0 Å². The molecule has 0 aromatic carbocycles. The van der Waals surface area contributed by atoms with Crippen molar-refractivity contribution >= 4 is 10.0 Å². The van der Waals surface area contributed by atoms with Crippen LogP contribution in [0.15, 0.2) is 12.3 Å². The number of aromatic nitrogens is 2. The van der Waals surface area contributed by atoms with Gasteiger partial charge in [-0.15, -0.1) is 0 Å². The highest BCUT2D eigenvalue weighted by Crippen LogP contribution is 2.24. The minimum atomic E-state index is -3.41. The molecule has 6 nitrogen and oxygen atoms in total. The molecular formula is C9H16N4O2S. The monoisotopic (exact) mass is 244 g/mol. The van der Waals surface area contributed by atoms with Gasteiger partial charge in [0.2, 0.25) is 10.0 Å². The number of primary sulfonamides is 1. The molecule has 3 N–H and O–H groups in total. The van der Waals surface area contributed by atoms with Crippen LogP contribution in [-0.4, -0.2) is 30.0 Å². The van der Waals surface area contributed by atoms with Crippen molar-refractivity contribution in [2.75, 3.05) is 6.54 Å². The maximum Gasteiger partial charge on any atom is 0.213 e. The summed E-state index contributed by atoms with van der Waals surface area (Å²) in [6.45, 7) is 0.411. The van der Waals surface area contributed by atoms with E-state index in [1.165, 1.54) is 0 Å². The molecule has 1 fully saturated rings. The molecule has 0 spiro atoms. The lowest BCUT2D eigenvalue weighted by Gasteiger charge is -2.28. The number of rotatable bonds is 2. The predicted octanol–water partition coefficient (Wildman–Crippen LogP) is -0.498. The Morgan fingerprint density at radius 2 is 2.31 bits per heavy atom. The van der Waals surface area contributed by atoms with Gasteiger partial charge in [0.05, 0.1) is 10.9 Å². The van der Waals surface area contributed by atoms with Gasteiger partial charge in [-0.25, -0.2) is 13.6 Å². The van der Waals surface area contributed by atoms with E-state index in [1.54, 1.807) is 10.9 Å². The standard InChI is InChI=1S/C9H16N4O2S/c1-13-9(4-5-12-13)8-3-2-7(6-11-8)16(10,14)15/h4-5,7-8,11H,2-3,6H2,1H3,(H2,10,14,15). The molecule has 2 heterocycles. The molecule has 0 bridgehead atoms. The first-order valence-corrected chi connectivity index (χ1v) is 6.82. The summed E-state index contributed by atoms with van der Waals surface area (Å²) in [5.74, 6) is 0. The Balaban J connectivity index is 2.04. The molecule has 2 atom stereocenters. The van der Waals surface area contributed by atoms with E-state index in [9.17, 15) is 8.42 Å². The highest BCUT2D eigenvalue weighted by atomic mass is 32.2. The van der Waals surface area contributed by atoms with Crippen molar-refractivity contribution in [1.29, 1.82) is 0 Å². The predicted molar refractivity (Wildman–Crippen MR) is 60.1 cm³/mol. The second kappa shape index (κ2) is 4.15. The van der Waals surface area contributed by atoms with E-state index in [-0.39, 0.29) is 6.04 Å². The van der Waals surface area contributed by atoms with Crippen molar-refractivity contribution in [2.45, 2.75) is 24.1 Å². The van der Waals surface area contributed by atoms with Crippen LogP contribution in [-0.2, 0) is 17.1 Å². The first kappa shape index (κ1) is 11.6. The smallest absolute Gasteiger partial charge is 0.213 e. The van der Waals surface area contributed by atoms with Crippen molar-refractivity contribution < 1.29 is 8.42 Å². The lowest BCUT2D eigenvalue weighted by atomic mass is 10.0. The minimum Gasteiger partial charge on any atom is -0.307 e.